The fraction of sp³-hybridized carbons (Fsp3) is 0.447. The van der Waals surface area contributed by atoms with Crippen molar-refractivity contribution < 1.29 is 46.5 Å². The predicted octanol–water partition coefficient (Wildman–Crippen LogP) is 7.20. The second-order valence-corrected chi connectivity index (χ2v) is 13.3. The molecule has 1 aliphatic carbocycles. The van der Waals surface area contributed by atoms with E-state index in [-0.39, 0.29) is 41.9 Å². The number of nitrogens with one attached hydrogen (secondary N) is 1. The van der Waals surface area contributed by atoms with Crippen LogP contribution in [0.3, 0.4) is 0 Å². The smallest absolute Gasteiger partial charge is 0.488 e. The summed E-state index contributed by atoms with van der Waals surface area (Å²) in [5, 5.41) is 11.2. The highest BCUT2D eigenvalue weighted by Crippen LogP contribution is 2.39. The van der Waals surface area contributed by atoms with Crippen LogP contribution in [-0.2, 0) is 14.3 Å². The molecule has 1 saturated heterocycles. The summed E-state index contributed by atoms with van der Waals surface area (Å²) in [5.74, 6) is -3.85. The topological polar surface area (TPSA) is 131 Å². The number of ether oxygens (including phenoxy) is 2. The van der Waals surface area contributed by atoms with Gasteiger partial charge in [-0.05, 0) is 80.3 Å². The van der Waals surface area contributed by atoms with Crippen LogP contribution in [0.5, 0.6) is 5.75 Å². The lowest BCUT2D eigenvalue weighted by Gasteiger charge is -2.34. The summed E-state index contributed by atoms with van der Waals surface area (Å²) < 4.78 is 58.3. The van der Waals surface area contributed by atoms with Crippen LogP contribution >= 0.6 is 11.6 Å². The highest BCUT2D eigenvalue weighted by molar-refractivity contribution is 6.33. The molecule has 1 saturated carbocycles. The molecular weight excluding hydrogens is 706 g/mol. The minimum absolute atomic E-state index is 0.0100. The monoisotopic (exact) mass is 749 g/mol. The molecule has 52 heavy (non-hydrogen) atoms. The van der Waals surface area contributed by atoms with Gasteiger partial charge >= 0.3 is 12.1 Å². The minimum atomic E-state index is -5.08. The number of hydrogen-bond acceptors (Lipinski definition) is 6. The van der Waals surface area contributed by atoms with Gasteiger partial charge in [-0.3, -0.25) is 9.59 Å². The number of benzene rings is 3. The second kappa shape index (κ2) is 19.0. The molecule has 3 aromatic rings. The summed E-state index contributed by atoms with van der Waals surface area (Å²) in [5.41, 5.74) is 8.11. The number of alkyl halides is 3. The molecule has 2 aliphatic rings. The number of carbonyl (C=O) groups is 3. The number of carboxylic acid groups (broad SMARTS) is 1. The van der Waals surface area contributed by atoms with Crippen LogP contribution in [0.2, 0.25) is 5.02 Å². The Morgan fingerprint density at radius 3 is 2.21 bits per heavy atom. The molecule has 5 rings (SSSR count). The quantitative estimate of drug-likeness (QED) is 0.132. The molecular formula is C38H44ClF4N3O6. The first-order valence-electron chi connectivity index (χ1n) is 17.2. The van der Waals surface area contributed by atoms with Gasteiger partial charge in [-0.15, -0.1) is 0 Å². The van der Waals surface area contributed by atoms with Crippen molar-refractivity contribution in [1.82, 2.24) is 10.2 Å². The number of piperidine rings is 1. The number of halogens is 5. The number of nitrogens with zero attached hydrogens (tertiary/aromatic N) is 1. The molecule has 1 heterocycles. The molecule has 1 atom stereocenters. The van der Waals surface area contributed by atoms with E-state index in [1.54, 1.807) is 6.07 Å². The summed E-state index contributed by atoms with van der Waals surface area (Å²) in [6.45, 7) is 2.87. The summed E-state index contributed by atoms with van der Waals surface area (Å²) in [4.78, 5) is 36.5. The standard InChI is InChI=1S/C36H43ClFN3O4.C2HF3O2/c1-44-20-21-45-32-17-15-28(35(39)42)33(34(32)38)29-22-26(12-16-31(29)37)30(24-8-4-2-5-9-24)23-40-27-13-10-25(11-14-27)36(43)41-18-6-3-7-19-41;3-2(4,5)1(6)7/h2,4-5,8-9,12,15-17,22,25,27,30,40H,3,6-7,10-11,13-14,18-21,23H2,1H3,(H2,39,42);(H,6,7). The van der Waals surface area contributed by atoms with E-state index in [0.29, 0.717) is 29.1 Å². The molecule has 0 aromatic heterocycles. The fourth-order valence-electron chi connectivity index (χ4n) is 6.64. The van der Waals surface area contributed by atoms with Crippen LogP contribution in [0.4, 0.5) is 17.6 Å². The van der Waals surface area contributed by atoms with E-state index in [9.17, 15) is 22.8 Å². The van der Waals surface area contributed by atoms with Gasteiger partial charge in [0, 0.05) is 60.8 Å². The third-order valence-corrected chi connectivity index (χ3v) is 9.71. The molecule has 0 bridgehead atoms. The molecule has 1 unspecified atom stereocenters. The van der Waals surface area contributed by atoms with Crippen molar-refractivity contribution in [2.75, 3.05) is 40.0 Å². The minimum Gasteiger partial charge on any atom is -0.488 e. The summed E-state index contributed by atoms with van der Waals surface area (Å²) in [6.07, 6.45) is 2.04. The van der Waals surface area contributed by atoms with Crippen molar-refractivity contribution in [2.24, 2.45) is 11.7 Å². The molecule has 4 N–H and O–H groups in total. The van der Waals surface area contributed by atoms with Gasteiger partial charge in [-0.25, -0.2) is 9.18 Å². The van der Waals surface area contributed by atoms with Gasteiger partial charge in [0.05, 0.1) is 12.2 Å². The van der Waals surface area contributed by atoms with Gasteiger partial charge < -0.3 is 30.5 Å². The molecule has 9 nitrogen and oxygen atoms in total. The highest BCUT2D eigenvalue weighted by Gasteiger charge is 2.38. The van der Waals surface area contributed by atoms with Crippen molar-refractivity contribution in [3.8, 4) is 16.9 Å². The lowest BCUT2D eigenvalue weighted by molar-refractivity contribution is -0.192. The Morgan fingerprint density at radius 1 is 0.962 bits per heavy atom. The lowest BCUT2D eigenvalue weighted by Crippen LogP contribution is -2.43. The highest BCUT2D eigenvalue weighted by atomic mass is 35.5. The van der Waals surface area contributed by atoms with Gasteiger partial charge in [0.1, 0.15) is 6.61 Å². The van der Waals surface area contributed by atoms with E-state index in [1.807, 2.05) is 30.3 Å². The summed E-state index contributed by atoms with van der Waals surface area (Å²) in [6, 6.07) is 18.8. The fourth-order valence-corrected chi connectivity index (χ4v) is 6.85. The molecule has 14 heteroatoms. The van der Waals surface area contributed by atoms with Crippen molar-refractivity contribution in [3.63, 3.8) is 0 Å². The van der Waals surface area contributed by atoms with E-state index in [0.717, 1.165) is 62.7 Å². The number of nitrogens with two attached hydrogens (primary N) is 1. The molecule has 2 amide bonds. The molecule has 0 radical (unpaired) electrons. The van der Waals surface area contributed by atoms with Crippen molar-refractivity contribution in [3.05, 3.63) is 88.2 Å². The van der Waals surface area contributed by atoms with Crippen LogP contribution in [0.25, 0.3) is 11.1 Å². The molecule has 1 aliphatic heterocycles. The molecule has 3 aromatic carbocycles. The van der Waals surface area contributed by atoms with Crippen LogP contribution < -0.4 is 15.8 Å². The van der Waals surface area contributed by atoms with E-state index in [4.69, 9.17) is 36.7 Å². The van der Waals surface area contributed by atoms with Gasteiger partial charge in [-0.1, -0.05) is 48.0 Å². The van der Waals surface area contributed by atoms with E-state index >= 15 is 4.39 Å². The number of methoxy groups -OCH3 is 1. The largest absolute Gasteiger partial charge is 0.490 e. The Hall–Kier alpha value is -4.20. The third-order valence-electron chi connectivity index (χ3n) is 9.38. The molecule has 0 spiro atoms. The zero-order valence-electron chi connectivity index (χ0n) is 28.9. The molecule has 2 fully saturated rings. The SMILES string of the molecule is COCCOc1ccc(C(N)=O)c(-c2cc(C(CNC3CCC(C(=O)N4CCCCC4)CC3)c3ccccc3)ccc2Cl)c1F.O=C(O)C(F)(F)F. The van der Waals surface area contributed by atoms with Crippen LogP contribution in [0.1, 0.15) is 72.3 Å². The van der Waals surface area contributed by atoms with Crippen LogP contribution in [0.15, 0.2) is 60.7 Å². The number of hydrogen-bond donors (Lipinski definition) is 3. The Bertz CT molecular complexity index is 1660. The Morgan fingerprint density at radius 2 is 1.62 bits per heavy atom. The maximum Gasteiger partial charge on any atom is 0.490 e. The first-order chi connectivity index (χ1) is 24.8. The first kappa shape index (κ1) is 40.6. The number of likely N-dealkylation sites (tertiary alicyclic amines) is 1. The van der Waals surface area contributed by atoms with Gasteiger partial charge in [0.25, 0.3) is 0 Å². The maximum atomic E-state index is 16.0. The third kappa shape index (κ3) is 10.9. The Labute approximate surface area is 305 Å². The molecule has 282 valence electrons. The maximum absolute atomic E-state index is 16.0. The number of aliphatic carboxylic acids is 1. The van der Waals surface area contributed by atoms with E-state index in [1.165, 1.54) is 25.7 Å². The number of amides is 2. The van der Waals surface area contributed by atoms with Crippen LogP contribution in [-0.4, -0.2) is 80.0 Å². The predicted molar refractivity (Wildman–Crippen MR) is 189 cm³/mol. The van der Waals surface area contributed by atoms with E-state index in [2.05, 4.69) is 22.3 Å². The van der Waals surface area contributed by atoms with Gasteiger partial charge in [0.2, 0.25) is 11.8 Å². The Balaban J connectivity index is 0.000000785. The average Bonchev–Trinajstić information content (AvgIpc) is 3.13. The number of primary amides is 1. The summed E-state index contributed by atoms with van der Waals surface area (Å²) >= 11 is 6.68. The Kier molecular flexibility index (Phi) is 14.9. The van der Waals surface area contributed by atoms with E-state index < -0.39 is 23.9 Å². The number of carbonyl (C=O) groups excluding carboxylic acids is 2. The first-order valence-corrected chi connectivity index (χ1v) is 17.6. The zero-order chi connectivity index (χ0) is 37.8. The lowest BCUT2D eigenvalue weighted by atomic mass is 9.84. The zero-order valence-corrected chi connectivity index (χ0v) is 29.6. The second-order valence-electron chi connectivity index (χ2n) is 12.9. The van der Waals surface area contributed by atoms with Gasteiger partial charge in [0.15, 0.2) is 11.6 Å². The van der Waals surface area contributed by atoms with Crippen molar-refractivity contribution >= 4 is 29.4 Å². The van der Waals surface area contributed by atoms with Crippen molar-refractivity contribution in [2.45, 2.75) is 63.1 Å². The van der Waals surface area contributed by atoms with Gasteiger partial charge in [-0.2, -0.15) is 13.2 Å². The number of rotatable bonds is 12. The number of carboxylic acids is 1. The normalized spacial score (nSPS) is 18.2. The average molecular weight is 750 g/mol. The summed E-state index contributed by atoms with van der Waals surface area (Å²) in [7, 11) is 1.53. The van der Waals surface area contributed by atoms with Crippen LogP contribution in [0, 0.1) is 11.7 Å². The van der Waals surface area contributed by atoms with Crippen molar-refractivity contribution in [1.29, 1.82) is 0 Å².